The molecule has 31 heavy (non-hydrogen) atoms. The van der Waals surface area contributed by atoms with Gasteiger partial charge in [0.25, 0.3) is 0 Å². The van der Waals surface area contributed by atoms with E-state index in [1.165, 1.54) is 0 Å². The van der Waals surface area contributed by atoms with Crippen LogP contribution in [0.4, 0.5) is 16.2 Å². The maximum Gasteiger partial charge on any atom is 0.327 e. The fraction of sp³-hybridized carbons (Fsp3) is 0.115. The van der Waals surface area contributed by atoms with Crippen molar-refractivity contribution in [2.75, 3.05) is 24.4 Å². The highest BCUT2D eigenvalue weighted by atomic mass is 16.5. The summed E-state index contributed by atoms with van der Waals surface area (Å²) in [7, 11) is 3.21. The Balaban J connectivity index is 1.76. The highest BCUT2D eigenvalue weighted by molar-refractivity contribution is 6.06. The third-order valence-electron chi connectivity index (χ3n) is 5.69. The normalized spacial score (nSPS) is 15.4. The summed E-state index contributed by atoms with van der Waals surface area (Å²) in [5.41, 5.74) is 3.49. The number of para-hydroxylation sites is 1. The van der Waals surface area contributed by atoms with Gasteiger partial charge in [-0.1, -0.05) is 54.6 Å². The zero-order valence-corrected chi connectivity index (χ0v) is 17.3. The van der Waals surface area contributed by atoms with E-state index in [2.05, 4.69) is 35.6 Å². The van der Waals surface area contributed by atoms with Crippen molar-refractivity contribution in [2.24, 2.45) is 0 Å². The van der Waals surface area contributed by atoms with E-state index in [0.29, 0.717) is 17.2 Å². The van der Waals surface area contributed by atoms with Crippen LogP contribution >= 0.6 is 0 Å². The molecule has 1 unspecified atom stereocenters. The summed E-state index contributed by atoms with van der Waals surface area (Å²) in [6.07, 6.45) is 0. The molecule has 0 aliphatic carbocycles. The molecule has 0 bridgehead atoms. The Morgan fingerprint density at radius 3 is 2.19 bits per heavy atom. The number of anilines is 2. The minimum absolute atomic E-state index is 0.191. The number of nitrogens with zero attached hydrogens (tertiary/aromatic N) is 1. The van der Waals surface area contributed by atoms with Crippen molar-refractivity contribution in [3.05, 3.63) is 96.1 Å². The molecule has 1 N–H and O–H groups in total. The first kappa shape index (κ1) is 19.0. The Hall–Kier alpha value is -3.99. The standard InChI is InChI=1S/C26H22N2O3/c1-30-23-15-21-22(16-24(23)31-2)27-26(29)28(20-10-4-3-5-11-20)25(21)19-13-12-17-8-6-7-9-18(17)14-19/h3-16,25H,1-2H3,(H,27,29). The van der Waals surface area contributed by atoms with E-state index in [1.807, 2.05) is 54.6 Å². The fourth-order valence-corrected chi connectivity index (χ4v) is 4.22. The predicted molar refractivity (Wildman–Crippen MR) is 123 cm³/mol. The second kappa shape index (κ2) is 7.69. The molecule has 0 spiro atoms. The smallest absolute Gasteiger partial charge is 0.327 e. The lowest BCUT2D eigenvalue weighted by molar-refractivity contribution is 0.254. The van der Waals surface area contributed by atoms with Gasteiger partial charge in [0.15, 0.2) is 11.5 Å². The van der Waals surface area contributed by atoms with Crippen LogP contribution in [0.2, 0.25) is 0 Å². The molecule has 1 atom stereocenters. The highest BCUT2D eigenvalue weighted by Gasteiger charge is 2.36. The van der Waals surface area contributed by atoms with Crippen molar-refractivity contribution in [3.8, 4) is 11.5 Å². The van der Waals surface area contributed by atoms with Gasteiger partial charge in [0.2, 0.25) is 0 Å². The van der Waals surface area contributed by atoms with Gasteiger partial charge in [-0.05, 0) is 40.6 Å². The van der Waals surface area contributed by atoms with Crippen LogP contribution in [0.5, 0.6) is 11.5 Å². The van der Waals surface area contributed by atoms with Gasteiger partial charge in [-0.2, -0.15) is 0 Å². The lowest BCUT2D eigenvalue weighted by Crippen LogP contribution is -2.43. The number of hydrogen-bond acceptors (Lipinski definition) is 3. The Kier molecular flexibility index (Phi) is 4.71. The maximum absolute atomic E-state index is 13.3. The van der Waals surface area contributed by atoms with Gasteiger partial charge in [0.1, 0.15) is 0 Å². The maximum atomic E-state index is 13.3. The van der Waals surface area contributed by atoms with Crippen LogP contribution in [0, 0.1) is 0 Å². The lowest BCUT2D eigenvalue weighted by Gasteiger charge is -2.38. The van der Waals surface area contributed by atoms with E-state index < -0.39 is 0 Å². The average molecular weight is 410 g/mol. The molecule has 4 aromatic carbocycles. The van der Waals surface area contributed by atoms with Crippen molar-refractivity contribution in [2.45, 2.75) is 6.04 Å². The predicted octanol–water partition coefficient (Wildman–Crippen LogP) is 6.00. The van der Waals surface area contributed by atoms with Gasteiger partial charge < -0.3 is 14.8 Å². The molecule has 4 aromatic rings. The summed E-state index contributed by atoms with van der Waals surface area (Å²) >= 11 is 0. The molecule has 0 saturated carbocycles. The van der Waals surface area contributed by atoms with Crippen LogP contribution in [0.15, 0.2) is 84.9 Å². The third kappa shape index (κ3) is 3.24. The minimum Gasteiger partial charge on any atom is -0.493 e. The Bertz CT molecular complexity index is 1270. The number of methoxy groups -OCH3 is 2. The number of benzene rings is 4. The summed E-state index contributed by atoms with van der Waals surface area (Å²) in [4.78, 5) is 15.1. The first-order valence-corrected chi connectivity index (χ1v) is 10.1. The first-order chi connectivity index (χ1) is 15.2. The molecule has 154 valence electrons. The quantitative estimate of drug-likeness (QED) is 0.449. The number of amides is 2. The first-order valence-electron chi connectivity index (χ1n) is 10.1. The van der Waals surface area contributed by atoms with Crippen molar-refractivity contribution in [1.29, 1.82) is 0 Å². The molecule has 1 aliphatic heterocycles. The van der Waals surface area contributed by atoms with Gasteiger partial charge >= 0.3 is 6.03 Å². The molecular weight excluding hydrogens is 388 g/mol. The number of fused-ring (bicyclic) bond motifs is 2. The molecule has 2 amide bonds. The zero-order valence-electron chi connectivity index (χ0n) is 17.3. The summed E-state index contributed by atoms with van der Waals surface area (Å²) < 4.78 is 11.0. The summed E-state index contributed by atoms with van der Waals surface area (Å²) in [6.45, 7) is 0. The van der Waals surface area contributed by atoms with Crippen molar-refractivity contribution in [3.63, 3.8) is 0 Å². The van der Waals surface area contributed by atoms with Crippen molar-refractivity contribution >= 4 is 28.2 Å². The number of hydrogen-bond donors (Lipinski definition) is 1. The van der Waals surface area contributed by atoms with E-state index in [-0.39, 0.29) is 12.1 Å². The molecule has 5 heteroatoms. The van der Waals surface area contributed by atoms with Gasteiger partial charge in [0, 0.05) is 17.3 Å². The molecule has 0 saturated heterocycles. The Morgan fingerprint density at radius 1 is 0.774 bits per heavy atom. The second-order valence-corrected chi connectivity index (χ2v) is 7.44. The molecule has 1 aliphatic rings. The number of nitrogens with one attached hydrogen (secondary N) is 1. The van der Waals surface area contributed by atoms with Crippen LogP contribution in [-0.2, 0) is 0 Å². The number of urea groups is 1. The number of ether oxygens (including phenoxy) is 2. The molecule has 0 fully saturated rings. The van der Waals surface area contributed by atoms with E-state index in [4.69, 9.17) is 9.47 Å². The van der Waals surface area contributed by atoms with Crippen LogP contribution in [0.25, 0.3) is 10.8 Å². The summed E-state index contributed by atoms with van der Waals surface area (Å²) in [5.74, 6) is 1.20. The SMILES string of the molecule is COc1cc2c(cc1OC)C(c1ccc3ccccc3c1)N(c1ccccc1)C(=O)N2. The van der Waals surface area contributed by atoms with Crippen LogP contribution in [0.1, 0.15) is 17.2 Å². The fourth-order valence-electron chi connectivity index (χ4n) is 4.22. The van der Waals surface area contributed by atoms with E-state index in [0.717, 1.165) is 27.6 Å². The Morgan fingerprint density at radius 2 is 1.45 bits per heavy atom. The minimum atomic E-state index is -0.324. The summed E-state index contributed by atoms with van der Waals surface area (Å²) in [6, 6.07) is 27.5. The summed E-state index contributed by atoms with van der Waals surface area (Å²) in [5, 5.41) is 5.31. The molecule has 0 radical (unpaired) electrons. The number of rotatable bonds is 4. The van der Waals surface area contributed by atoms with Crippen molar-refractivity contribution in [1.82, 2.24) is 0 Å². The van der Waals surface area contributed by atoms with Gasteiger partial charge in [-0.25, -0.2) is 4.79 Å². The molecule has 5 nitrogen and oxygen atoms in total. The second-order valence-electron chi connectivity index (χ2n) is 7.44. The zero-order chi connectivity index (χ0) is 21.4. The molecule has 1 heterocycles. The van der Waals surface area contributed by atoms with Gasteiger partial charge in [0.05, 0.1) is 25.9 Å². The molecule has 0 aromatic heterocycles. The monoisotopic (exact) mass is 410 g/mol. The van der Waals surface area contributed by atoms with Crippen LogP contribution in [-0.4, -0.2) is 20.3 Å². The molecule has 5 rings (SSSR count). The van der Waals surface area contributed by atoms with Gasteiger partial charge in [-0.3, -0.25) is 4.90 Å². The van der Waals surface area contributed by atoms with E-state index in [1.54, 1.807) is 19.1 Å². The van der Waals surface area contributed by atoms with E-state index in [9.17, 15) is 4.79 Å². The lowest BCUT2D eigenvalue weighted by atomic mass is 9.91. The Labute approximate surface area is 180 Å². The third-order valence-corrected chi connectivity index (χ3v) is 5.69. The average Bonchev–Trinajstić information content (AvgIpc) is 2.82. The van der Waals surface area contributed by atoms with Crippen LogP contribution in [0.3, 0.4) is 0 Å². The topological polar surface area (TPSA) is 50.8 Å². The number of carbonyl (C=O) groups excluding carboxylic acids is 1. The van der Waals surface area contributed by atoms with Crippen LogP contribution < -0.4 is 19.7 Å². The number of carbonyl (C=O) groups is 1. The highest BCUT2D eigenvalue weighted by Crippen LogP contribution is 2.45. The van der Waals surface area contributed by atoms with Crippen molar-refractivity contribution < 1.29 is 14.3 Å². The largest absolute Gasteiger partial charge is 0.493 e. The molecular formula is C26H22N2O3. The van der Waals surface area contributed by atoms with E-state index >= 15 is 0 Å². The van der Waals surface area contributed by atoms with Gasteiger partial charge in [-0.15, -0.1) is 0 Å².